The SMILES string of the molecule is CC1(C)C=Cc2c(c(CC3OC3(C)C)c(O)c3c(=O)c(-c4ccc(O)cc4)coc23)O1. The number of phenols is 2. The number of epoxide rings is 1. The van der Waals surface area contributed by atoms with Crippen LogP contribution in [0.25, 0.3) is 28.2 Å². The quantitative estimate of drug-likeness (QED) is 0.593. The van der Waals surface area contributed by atoms with E-state index in [0.29, 0.717) is 34.4 Å². The summed E-state index contributed by atoms with van der Waals surface area (Å²) in [7, 11) is 0. The molecule has 1 atom stereocenters. The molecule has 2 aromatic carbocycles. The normalized spacial score (nSPS) is 20.3. The summed E-state index contributed by atoms with van der Waals surface area (Å²) in [5.41, 5.74) is 1.17. The molecular formula is C25H24O6. The molecule has 6 nitrogen and oxygen atoms in total. The Balaban J connectivity index is 1.77. The summed E-state index contributed by atoms with van der Waals surface area (Å²) in [6.45, 7) is 7.84. The van der Waals surface area contributed by atoms with E-state index in [4.69, 9.17) is 13.9 Å². The van der Waals surface area contributed by atoms with Gasteiger partial charge in [-0.1, -0.05) is 12.1 Å². The van der Waals surface area contributed by atoms with E-state index in [2.05, 4.69) is 0 Å². The van der Waals surface area contributed by atoms with Crippen molar-refractivity contribution in [3.63, 3.8) is 0 Å². The van der Waals surface area contributed by atoms with Gasteiger partial charge in [0.1, 0.15) is 34.5 Å². The lowest BCUT2D eigenvalue weighted by Crippen LogP contribution is -2.28. The Labute approximate surface area is 179 Å². The van der Waals surface area contributed by atoms with Crippen molar-refractivity contribution in [3.8, 4) is 28.4 Å². The first-order valence-corrected chi connectivity index (χ1v) is 10.3. The van der Waals surface area contributed by atoms with Crippen LogP contribution < -0.4 is 10.2 Å². The summed E-state index contributed by atoms with van der Waals surface area (Å²) in [6, 6.07) is 6.27. The third-order valence-electron chi connectivity index (χ3n) is 6.03. The van der Waals surface area contributed by atoms with E-state index in [1.54, 1.807) is 12.1 Å². The Hall–Kier alpha value is -3.25. The zero-order valence-electron chi connectivity index (χ0n) is 17.9. The highest BCUT2D eigenvalue weighted by Crippen LogP contribution is 2.48. The number of hydrogen-bond donors (Lipinski definition) is 2. The van der Waals surface area contributed by atoms with Gasteiger partial charge in [0.05, 0.1) is 22.8 Å². The molecule has 0 saturated carbocycles. The van der Waals surface area contributed by atoms with Crippen LogP contribution in [0.4, 0.5) is 0 Å². The molecule has 1 unspecified atom stereocenters. The highest BCUT2D eigenvalue weighted by Gasteiger charge is 2.48. The van der Waals surface area contributed by atoms with Crippen LogP contribution in [0.5, 0.6) is 17.2 Å². The van der Waals surface area contributed by atoms with Gasteiger partial charge in [-0.05, 0) is 57.5 Å². The van der Waals surface area contributed by atoms with Crippen molar-refractivity contribution in [2.45, 2.75) is 51.4 Å². The number of ether oxygens (including phenoxy) is 2. The number of aromatic hydroxyl groups is 2. The van der Waals surface area contributed by atoms with E-state index in [9.17, 15) is 15.0 Å². The van der Waals surface area contributed by atoms with Gasteiger partial charge in [-0.25, -0.2) is 0 Å². The molecule has 3 heterocycles. The molecule has 2 N–H and O–H groups in total. The van der Waals surface area contributed by atoms with E-state index >= 15 is 0 Å². The molecule has 0 bridgehead atoms. The first-order chi connectivity index (χ1) is 14.6. The molecule has 3 aromatic rings. The predicted molar refractivity (Wildman–Crippen MR) is 118 cm³/mol. The smallest absolute Gasteiger partial charge is 0.204 e. The molecule has 1 saturated heterocycles. The minimum Gasteiger partial charge on any atom is -0.508 e. The van der Waals surface area contributed by atoms with Gasteiger partial charge < -0.3 is 24.1 Å². The van der Waals surface area contributed by atoms with E-state index in [-0.39, 0.29) is 39.6 Å². The molecule has 6 heteroatoms. The maximum atomic E-state index is 13.5. The summed E-state index contributed by atoms with van der Waals surface area (Å²) in [6.07, 6.45) is 5.51. The zero-order chi connectivity index (χ0) is 22.1. The van der Waals surface area contributed by atoms with Crippen LogP contribution >= 0.6 is 0 Å². The van der Waals surface area contributed by atoms with Crippen LogP contribution in [0.2, 0.25) is 0 Å². The molecule has 0 amide bonds. The van der Waals surface area contributed by atoms with E-state index < -0.39 is 5.60 Å². The summed E-state index contributed by atoms with van der Waals surface area (Å²) >= 11 is 0. The molecule has 0 aliphatic carbocycles. The van der Waals surface area contributed by atoms with Crippen molar-refractivity contribution in [3.05, 3.63) is 58.0 Å². The van der Waals surface area contributed by atoms with Gasteiger partial charge in [0.25, 0.3) is 0 Å². The lowest BCUT2D eigenvalue weighted by atomic mass is 9.92. The van der Waals surface area contributed by atoms with Crippen LogP contribution in [0.3, 0.4) is 0 Å². The van der Waals surface area contributed by atoms with Crippen molar-refractivity contribution in [1.29, 1.82) is 0 Å². The lowest BCUT2D eigenvalue weighted by molar-refractivity contribution is 0.156. The van der Waals surface area contributed by atoms with Gasteiger partial charge in [0.15, 0.2) is 5.58 Å². The van der Waals surface area contributed by atoms with Crippen LogP contribution in [-0.4, -0.2) is 27.5 Å². The van der Waals surface area contributed by atoms with Crippen molar-refractivity contribution in [2.24, 2.45) is 0 Å². The minimum absolute atomic E-state index is 0.0788. The van der Waals surface area contributed by atoms with Gasteiger partial charge in [0.2, 0.25) is 5.43 Å². The fourth-order valence-corrected chi connectivity index (χ4v) is 4.09. The Morgan fingerprint density at radius 1 is 1.06 bits per heavy atom. The third kappa shape index (κ3) is 3.18. The van der Waals surface area contributed by atoms with E-state index in [1.165, 1.54) is 18.4 Å². The molecule has 2 aliphatic heterocycles. The second-order valence-corrected chi connectivity index (χ2v) is 9.25. The topological polar surface area (TPSA) is 92.4 Å². The lowest BCUT2D eigenvalue weighted by Gasteiger charge is -2.30. The summed E-state index contributed by atoms with van der Waals surface area (Å²) in [5.74, 6) is 0.481. The summed E-state index contributed by atoms with van der Waals surface area (Å²) in [4.78, 5) is 13.5. The minimum atomic E-state index is -0.561. The Bertz CT molecular complexity index is 1290. The second kappa shape index (κ2) is 6.37. The second-order valence-electron chi connectivity index (χ2n) is 9.25. The Morgan fingerprint density at radius 3 is 2.39 bits per heavy atom. The maximum Gasteiger partial charge on any atom is 0.204 e. The van der Waals surface area contributed by atoms with Crippen LogP contribution in [0.15, 0.2) is 45.8 Å². The summed E-state index contributed by atoms with van der Waals surface area (Å²) < 4.78 is 17.8. The van der Waals surface area contributed by atoms with Gasteiger partial charge in [-0.2, -0.15) is 0 Å². The number of benzene rings is 2. The molecule has 2 aliphatic rings. The molecule has 160 valence electrons. The first kappa shape index (κ1) is 19.7. The fourth-order valence-electron chi connectivity index (χ4n) is 4.09. The number of hydrogen-bond acceptors (Lipinski definition) is 6. The van der Waals surface area contributed by atoms with E-state index in [1.807, 2.05) is 39.8 Å². The highest BCUT2D eigenvalue weighted by molar-refractivity contribution is 5.97. The van der Waals surface area contributed by atoms with Gasteiger partial charge in [-0.15, -0.1) is 0 Å². The van der Waals surface area contributed by atoms with Crippen molar-refractivity contribution in [2.75, 3.05) is 0 Å². The zero-order valence-corrected chi connectivity index (χ0v) is 17.9. The van der Waals surface area contributed by atoms with Gasteiger partial charge in [-0.3, -0.25) is 4.79 Å². The van der Waals surface area contributed by atoms with Crippen molar-refractivity contribution >= 4 is 17.0 Å². The third-order valence-corrected chi connectivity index (χ3v) is 6.03. The molecule has 31 heavy (non-hydrogen) atoms. The molecular weight excluding hydrogens is 396 g/mol. The van der Waals surface area contributed by atoms with Crippen molar-refractivity contribution in [1.82, 2.24) is 0 Å². The highest BCUT2D eigenvalue weighted by atomic mass is 16.6. The van der Waals surface area contributed by atoms with Gasteiger partial charge >= 0.3 is 0 Å². The molecule has 0 radical (unpaired) electrons. The maximum absolute atomic E-state index is 13.5. The Morgan fingerprint density at radius 2 is 1.74 bits per heavy atom. The number of rotatable bonds is 3. The number of fused-ring (bicyclic) bond motifs is 3. The standard InChI is InChI=1S/C25H24O6/c1-24(2)10-9-15-22(31-24)16(11-18-25(3,4)30-18)20(27)19-21(28)17(12-29-23(15)19)13-5-7-14(26)8-6-13/h5-10,12,18,26-27H,11H2,1-4H3. The van der Waals surface area contributed by atoms with Crippen LogP contribution in [0.1, 0.15) is 38.8 Å². The fraction of sp³-hybridized carbons (Fsp3) is 0.320. The Kier molecular flexibility index (Phi) is 4.05. The molecule has 1 aromatic heterocycles. The van der Waals surface area contributed by atoms with Crippen molar-refractivity contribution < 1.29 is 24.1 Å². The summed E-state index contributed by atoms with van der Waals surface area (Å²) in [5, 5.41) is 20.9. The van der Waals surface area contributed by atoms with Crippen LogP contribution in [0, 0.1) is 0 Å². The largest absolute Gasteiger partial charge is 0.508 e. The molecule has 0 spiro atoms. The molecule has 5 rings (SSSR count). The average molecular weight is 420 g/mol. The average Bonchev–Trinajstić information content (AvgIpc) is 3.31. The van der Waals surface area contributed by atoms with Gasteiger partial charge in [0, 0.05) is 12.0 Å². The van der Waals surface area contributed by atoms with E-state index in [0.717, 1.165) is 0 Å². The van der Waals surface area contributed by atoms with Crippen LogP contribution in [-0.2, 0) is 11.2 Å². The predicted octanol–water partition coefficient (Wildman–Crippen LogP) is 4.78. The first-order valence-electron chi connectivity index (χ1n) is 10.3. The monoisotopic (exact) mass is 420 g/mol. The molecule has 1 fully saturated rings. The number of phenolic OH excluding ortho intramolecular Hbond substituents is 2.